The minimum atomic E-state index is -0.845. The van der Waals surface area contributed by atoms with Crippen LogP contribution < -0.4 is 0 Å². The van der Waals surface area contributed by atoms with Crippen molar-refractivity contribution in [1.82, 2.24) is 0 Å². The molecule has 0 amide bonds. The summed E-state index contributed by atoms with van der Waals surface area (Å²) in [5, 5.41) is 10.7. The van der Waals surface area contributed by atoms with Gasteiger partial charge in [-0.25, -0.2) is 4.79 Å². The summed E-state index contributed by atoms with van der Waals surface area (Å²) < 4.78 is 4.64. The van der Waals surface area contributed by atoms with Gasteiger partial charge in [-0.3, -0.25) is 10.1 Å². The SMILES string of the molecule is COC(=O)c1c(Br)ccc([NH-])c1[N+](=O)[O-].[Ac]. The van der Waals surface area contributed by atoms with Crippen LogP contribution in [0, 0.1) is 54.2 Å². The molecule has 0 aliphatic carbocycles. The summed E-state index contributed by atoms with van der Waals surface area (Å²) in [5.41, 5.74) is 6.21. The fourth-order valence-corrected chi connectivity index (χ4v) is 1.53. The number of carbonyl (C=O) groups excluding carboxylic acids is 1. The second-order valence-electron chi connectivity index (χ2n) is 2.57. The van der Waals surface area contributed by atoms with E-state index in [0.29, 0.717) is 0 Å². The number of esters is 1. The smallest absolute Gasteiger partial charge is 0.346 e. The van der Waals surface area contributed by atoms with Crippen molar-refractivity contribution in [2.45, 2.75) is 0 Å². The number of carbonyl (C=O) groups is 1. The van der Waals surface area contributed by atoms with Crippen molar-refractivity contribution in [3.8, 4) is 0 Å². The van der Waals surface area contributed by atoms with Gasteiger partial charge in [0, 0.05) is 48.5 Å². The van der Waals surface area contributed by atoms with E-state index >= 15 is 0 Å². The minimum absolute atomic E-state index is 0. The van der Waals surface area contributed by atoms with Crippen LogP contribution in [0.2, 0.25) is 0 Å². The summed E-state index contributed by atoms with van der Waals surface area (Å²) in [6, 6.07) is 2.62. The topological polar surface area (TPSA) is 93.2 Å². The molecule has 8 heteroatoms. The number of methoxy groups -OCH3 is 1. The maximum Gasteiger partial charge on any atom is 0.346 e. The number of rotatable bonds is 2. The maximum atomic E-state index is 11.3. The molecule has 1 aromatic carbocycles. The van der Waals surface area contributed by atoms with Crippen molar-refractivity contribution in [3.63, 3.8) is 0 Å². The first-order chi connectivity index (χ1) is 6.99. The standard InChI is InChI=1S/C8H6BrN2O4.Ac/c1-15-8(12)6-4(9)2-3-5(10)7(6)11(13)14;/h2-3,10H,1H3;/q-1;. The van der Waals surface area contributed by atoms with Crippen molar-refractivity contribution in [2.75, 3.05) is 7.11 Å². The minimum Gasteiger partial charge on any atom is -0.693 e. The fraction of sp³-hybridized carbons (Fsp3) is 0.125. The molecule has 0 aliphatic rings. The van der Waals surface area contributed by atoms with E-state index in [-0.39, 0.29) is 59.8 Å². The zero-order chi connectivity index (χ0) is 11.6. The van der Waals surface area contributed by atoms with Crippen molar-refractivity contribution >= 4 is 33.3 Å². The van der Waals surface area contributed by atoms with Gasteiger partial charge in [0.05, 0.1) is 12.0 Å². The van der Waals surface area contributed by atoms with Crippen LogP contribution in [0.1, 0.15) is 10.4 Å². The molecule has 0 aliphatic heterocycles. The summed E-state index contributed by atoms with van der Waals surface area (Å²) in [6.07, 6.45) is 0. The van der Waals surface area contributed by atoms with Crippen molar-refractivity contribution in [3.05, 3.63) is 38.0 Å². The molecule has 83 valence electrons. The number of nitrogens with one attached hydrogen (secondary N) is 1. The van der Waals surface area contributed by atoms with E-state index in [1.165, 1.54) is 12.1 Å². The van der Waals surface area contributed by atoms with Crippen LogP contribution in [0.4, 0.5) is 11.4 Å². The fourth-order valence-electron chi connectivity index (χ4n) is 1.05. The Bertz CT molecular complexity index is 438. The normalized spacial score (nSPS) is 9.12. The molecule has 0 heterocycles. The van der Waals surface area contributed by atoms with Crippen LogP contribution in [0.15, 0.2) is 16.6 Å². The van der Waals surface area contributed by atoms with Gasteiger partial charge < -0.3 is 10.5 Å². The Balaban J connectivity index is 0.00000225. The predicted molar refractivity (Wildman–Crippen MR) is 56.1 cm³/mol. The second-order valence-corrected chi connectivity index (χ2v) is 3.42. The molecule has 1 rings (SSSR count). The Morgan fingerprint density at radius 3 is 2.56 bits per heavy atom. The Morgan fingerprint density at radius 1 is 1.56 bits per heavy atom. The number of nitrogens with zero attached hydrogens (tertiary/aromatic N) is 1. The Labute approximate surface area is 135 Å². The molecule has 1 radical (unpaired) electrons. The first-order valence-electron chi connectivity index (χ1n) is 3.75. The molecule has 0 unspecified atom stereocenters. The van der Waals surface area contributed by atoms with Crippen LogP contribution in [-0.2, 0) is 4.74 Å². The monoisotopic (exact) mass is 500 g/mol. The molecule has 0 aromatic heterocycles. The van der Waals surface area contributed by atoms with Gasteiger partial charge in [-0.05, 0) is 22.0 Å². The van der Waals surface area contributed by atoms with Gasteiger partial charge in [-0.1, -0.05) is 11.8 Å². The summed E-state index contributed by atoms with van der Waals surface area (Å²) in [7, 11) is 1.12. The van der Waals surface area contributed by atoms with Crippen molar-refractivity contribution in [1.29, 1.82) is 0 Å². The summed E-state index contributed by atoms with van der Waals surface area (Å²) in [5.74, 6) is -0.845. The molecule has 0 fully saturated rings. The number of benzene rings is 1. The van der Waals surface area contributed by atoms with Crippen LogP contribution in [-0.4, -0.2) is 18.0 Å². The third-order valence-electron chi connectivity index (χ3n) is 1.70. The van der Waals surface area contributed by atoms with E-state index in [1.807, 2.05) is 0 Å². The average molecular weight is 501 g/mol. The molecular weight excluding hydrogens is 495 g/mol. The number of halogens is 1. The maximum absolute atomic E-state index is 11.3. The molecule has 1 aromatic rings. The van der Waals surface area contributed by atoms with E-state index in [1.54, 1.807) is 0 Å². The van der Waals surface area contributed by atoms with Crippen LogP contribution in [0.5, 0.6) is 0 Å². The Morgan fingerprint density at radius 2 is 2.12 bits per heavy atom. The molecule has 16 heavy (non-hydrogen) atoms. The van der Waals surface area contributed by atoms with Gasteiger partial charge in [-0.2, -0.15) is 0 Å². The second kappa shape index (κ2) is 6.52. The molecule has 1 N–H and O–H groups in total. The van der Waals surface area contributed by atoms with Gasteiger partial charge in [0.25, 0.3) is 5.69 Å². The molecule has 6 nitrogen and oxygen atoms in total. The molecule has 0 spiro atoms. The van der Waals surface area contributed by atoms with Crippen LogP contribution >= 0.6 is 15.9 Å². The number of ether oxygens (including phenoxy) is 1. The number of hydrogen-bond donors (Lipinski definition) is 0. The van der Waals surface area contributed by atoms with E-state index in [9.17, 15) is 14.9 Å². The summed E-state index contributed by atoms with van der Waals surface area (Å²) in [6.45, 7) is 0. The molecule has 0 saturated carbocycles. The third-order valence-corrected chi connectivity index (χ3v) is 2.36. The zero-order valence-corrected chi connectivity index (χ0v) is 14.5. The Hall–Kier alpha value is -0.188. The van der Waals surface area contributed by atoms with Crippen LogP contribution in [0.3, 0.4) is 0 Å². The molecular formula is C8H6AcBrN2O4-. The molecule has 0 atom stereocenters. The molecule has 0 bridgehead atoms. The average Bonchev–Trinajstić information content (AvgIpc) is 2.19. The molecule has 0 saturated heterocycles. The van der Waals surface area contributed by atoms with Crippen molar-refractivity contribution in [2.24, 2.45) is 0 Å². The summed E-state index contributed by atoms with van der Waals surface area (Å²) in [4.78, 5) is 21.2. The van der Waals surface area contributed by atoms with Crippen molar-refractivity contribution < 1.29 is 58.5 Å². The first-order valence-corrected chi connectivity index (χ1v) is 4.55. The number of nitro groups is 1. The van der Waals surface area contributed by atoms with E-state index in [4.69, 9.17) is 5.73 Å². The largest absolute Gasteiger partial charge is 0.693 e. The third kappa shape index (κ3) is 3.15. The van der Waals surface area contributed by atoms with Gasteiger partial charge >= 0.3 is 5.97 Å². The first kappa shape index (κ1) is 15.8. The van der Waals surface area contributed by atoms with Gasteiger partial charge in [0.15, 0.2) is 0 Å². The van der Waals surface area contributed by atoms with Crippen LogP contribution in [0.25, 0.3) is 5.73 Å². The zero-order valence-electron chi connectivity index (χ0n) is 8.19. The predicted octanol–water partition coefficient (Wildman–Crippen LogP) is 2.83. The van der Waals surface area contributed by atoms with E-state index < -0.39 is 16.6 Å². The van der Waals surface area contributed by atoms with Gasteiger partial charge in [0.1, 0.15) is 5.56 Å². The van der Waals surface area contributed by atoms with Gasteiger partial charge in [-0.15, -0.1) is 0 Å². The Kier molecular flexibility index (Phi) is 6.45. The van der Waals surface area contributed by atoms with E-state index in [2.05, 4.69) is 20.7 Å². The van der Waals surface area contributed by atoms with Gasteiger partial charge in [0.2, 0.25) is 0 Å². The van der Waals surface area contributed by atoms with E-state index in [0.717, 1.165) is 7.11 Å². The summed E-state index contributed by atoms with van der Waals surface area (Å²) >= 11 is 3.00. The number of hydrogen-bond acceptors (Lipinski definition) is 4. The quantitative estimate of drug-likeness (QED) is 0.354. The number of nitro benzene ring substituents is 1.